The van der Waals surface area contributed by atoms with Crippen LogP contribution in [0.5, 0.6) is 0 Å². The van der Waals surface area contributed by atoms with Gasteiger partial charge in [0, 0.05) is 23.4 Å². The minimum Gasteiger partial charge on any atom is -0.381 e. The van der Waals surface area contributed by atoms with Gasteiger partial charge in [0.15, 0.2) is 0 Å². The number of hydrogen-bond donors (Lipinski definition) is 1. The second kappa shape index (κ2) is 5.71. The van der Waals surface area contributed by atoms with E-state index in [1.165, 1.54) is 18.2 Å². The first-order valence-electron chi connectivity index (χ1n) is 5.72. The van der Waals surface area contributed by atoms with Crippen LogP contribution in [-0.2, 0) is 6.54 Å². The Bertz CT molecular complexity index is 678. The highest BCUT2D eigenvalue weighted by atomic mass is 19.1. The maximum Gasteiger partial charge on any atom is 0.128 e. The van der Waals surface area contributed by atoms with Crippen LogP contribution < -0.4 is 5.32 Å². The smallest absolute Gasteiger partial charge is 0.128 e. The topological polar surface area (TPSA) is 35.8 Å². The van der Waals surface area contributed by atoms with Gasteiger partial charge < -0.3 is 5.32 Å². The number of benzene rings is 2. The summed E-state index contributed by atoms with van der Waals surface area (Å²) in [6.07, 6.45) is 5.31. The number of terminal acetylenes is 1. The maximum absolute atomic E-state index is 13.6. The average molecular weight is 250 g/mol. The van der Waals surface area contributed by atoms with Crippen molar-refractivity contribution in [3.8, 4) is 18.4 Å². The Morgan fingerprint density at radius 2 is 2.00 bits per heavy atom. The molecule has 0 aliphatic carbocycles. The number of nitriles is 1. The molecule has 3 heteroatoms. The van der Waals surface area contributed by atoms with Gasteiger partial charge in [0.05, 0.1) is 11.6 Å². The predicted molar refractivity (Wildman–Crippen MR) is 72.8 cm³/mol. The molecule has 2 aromatic rings. The summed E-state index contributed by atoms with van der Waals surface area (Å²) >= 11 is 0. The molecular formula is C16H11FN2. The van der Waals surface area contributed by atoms with E-state index < -0.39 is 0 Å². The Morgan fingerprint density at radius 3 is 2.74 bits per heavy atom. The van der Waals surface area contributed by atoms with E-state index in [0.717, 1.165) is 11.3 Å². The second-order valence-electron chi connectivity index (χ2n) is 4.00. The summed E-state index contributed by atoms with van der Waals surface area (Å²) in [7, 11) is 0. The largest absolute Gasteiger partial charge is 0.381 e. The summed E-state index contributed by atoms with van der Waals surface area (Å²) in [5.74, 6) is 2.20. The van der Waals surface area contributed by atoms with E-state index in [9.17, 15) is 4.39 Å². The van der Waals surface area contributed by atoms with Crippen LogP contribution in [0.15, 0.2) is 42.5 Å². The first-order valence-corrected chi connectivity index (χ1v) is 5.72. The summed E-state index contributed by atoms with van der Waals surface area (Å²) in [5.41, 5.74) is 2.47. The van der Waals surface area contributed by atoms with Gasteiger partial charge in [0.2, 0.25) is 0 Å². The first kappa shape index (κ1) is 12.7. The molecule has 2 nitrogen and oxygen atoms in total. The molecule has 92 valence electrons. The number of nitrogens with zero attached hydrogens (tertiary/aromatic N) is 1. The number of nitrogens with one attached hydrogen (secondary N) is 1. The molecule has 0 unspecified atom stereocenters. The van der Waals surface area contributed by atoms with Crippen molar-refractivity contribution < 1.29 is 4.39 Å². The lowest BCUT2D eigenvalue weighted by molar-refractivity contribution is 0.612. The number of rotatable bonds is 3. The predicted octanol–water partition coefficient (Wildman–Crippen LogP) is 3.29. The van der Waals surface area contributed by atoms with Crippen molar-refractivity contribution in [2.45, 2.75) is 6.54 Å². The van der Waals surface area contributed by atoms with Crippen LogP contribution in [0.2, 0.25) is 0 Å². The lowest BCUT2D eigenvalue weighted by Gasteiger charge is -2.08. The van der Waals surface area contributed by atoms with E-state index >= 15 is 0 Å². The molecule has 0 spiro atoms. The Kier molecular flexibility index (Phi) is 3.81. The Balaban J connectivity index is 2.14. The molecule has 0 aliphatic heterocycles. The zero-order valence-corrected chi connectivity index (χ0v) is 10.2. The molecule has 0 bridgehead atoms. The minimum atomic E-state index is -0.334. The van der Waals surface area contributed by atoms with Crippen molar-refractivity contribution >= 4 is 5.69 Å². The fourth-order valence-corrected chi connectivity index (χ4v) is 1.70. The quantitative estimate of drug-likeness (QED) is 0.848. The molecule has 2 rings (SSSR count). The number of halogens is 1. The van der Waals surface area contributed by atoms with E-state index in [1.807, 2.05) is 30.3 Å². The van der Waals surface area contributed by atoms with Crippen LogP contribution in [0.3, 0.4) is 0 Å². The number of hydrogen-bond acceptors (Lipinski definition) is 2. The molecule has 0 saturated heterocycles. The molecule has 0 fully saturated rings. The van der Waals surface area contributed by atoms with Crippen molar-refractivity contribution in [3.05, 3.63) is 65.0 Å². The Labute approximate surface area is 111 Å². The van der Waals surface area contributed by atoms with E-state index in [0.29, 0.717) is 17.7 Å². The minimum absolute atomic E-state index is 0.301. The summed E-state index contributed by atoms with van der Waals surface area (Å²) in [4.78, 5) is 0. The van der Waals surface area contributed by atoms with Crippen molar-refractivity contribution in [2.75, 3.05) is 5.32 Å². The molecule has 1 N–H and O–H groups in total. The van der Waals surface area contributed by atoms with Gasteiger partial charge in [-0.25, -0.2) is 4.39 Å². The first-order chi connectivity index (χ1) is 9.22. The van der Waals surface area contributed by atoms with E-state index in [2.05, 4.69) is 11.2 Å². The van der Waals surface area contributed by atoms with E-state index in [1.54, 1.807) is 0 Å². The molecule has 0 saturated carbocycles. The van der Waals surface area contributed by atoms with Crippen LogP contribution >= 0.6 is 0 Å². The third kappa shape index (κ3) is 3.12. The van der Waals surface area contributed by atoms with E-state index in [4.69, 9.17) is 11.7 Å². The molecule has 0 heterocycles. The third-order valence-corrected chi connectivity index (χ3v) is 2.69. The fraction of sp³-hybridized carbons (Fsp3) is 0.0625. The normalized spacial score (nSPS) is 9.42. The highest BCUT2D eigenvalue weighted by Gasteiger charge is 2.03. The van der Waals surface area contributed by atoms with Gasteiger partial charge in [-0.1, -0.05) is 12.0 Å². The SMILES string of the molecule is C#Cc1cccc(NCc2cc(C#N)ccc2F)c1. The van der Waals surface area contributed by atoms with Crippen LogP contribution in [0.4, 0.5) is 10.1 Å². The zero-order valence-electron chi connectivity index (χ0n) is 10.2. The average Bonchev–Trinajstić information content (AvgIpc) is 2.46. The summed E-state index contributed by atoms with van der Waals surface area (Å²) in [6, 6.07) is 13.6. The molecule has 0 amide bonds. The summed E-state index contributed by atoms with van der Waals surface area (Å²) in [6.45, 7) is 0.301. The second-order valence-corrected chi connectivity index (χ2v) is 4.00. The van der Waals surface area contributed by atoms with Crippen LogP contribution in [0.1, 0.15) is 16.7 Å². The fourth-order valence-electron chi connectivity index (χ4n) is 1.70. The molecule has 0 aromatic heterocycles. The van der Waals surface area contributed by atoms with Gasteiger partial charge >= 0.3 is 0 Å². The van der Waals surface area contributed by atoms with Crippen molar-refractivity contribution in [2.24, 2.45) is 0 Å². The van der Waals surface area contributed by atoms with Crippen molar-refractivity contribution in [3.63, 3.8) is 0 Å². The van der Waals surface area contributed by atoms with Gasteiger partial charge in [0.1, 0.15) is 5.82 Å². The Hall–Kier alpha value is -2.78. The molecule has 0 aliphatic rings. The molecular weight excluding hydrogens is 239 g/mol. The monoisotopic (exact) mass is 250 g/mol. The van der Waals surface area contributed by atoms with Gasteiger partial charge in [-0.05, 0) is 36.4 Å². The lowest BCUT2D eigenvalue weighted by atomic mass is 10.1. The summed E-state index contributed by atoms with van der Waals surface area (Å²) in [5, 5.41) is 11.9. The van der Waals surface area contributed by atoms with Gasteiger partial charge in [-0.15, -0.1) is 6.42 Å². The van der Waals surface area contributed by atoms with Crippen molar-refractivity contribution in [1.29, 1.82) is 5.26 Å². The van der Waals surface area contributed by atoms with Crippen molar-refractivity contribution in [1.82, 2.24) is 0 Å². The molecule has 0 radical (unpaired) electrons. The third-order valence-electron chi connectivity index (χ3n) is 2.69. The Morgan fingerprint density at radius 1 is 1.16 bits per heavy atom. The number of anilines is 1. The molecule has 2 aromatic carbocycles. The van der Waals surface area contributed by atoms with Crippen LogP contribution in [-0.4, -0.2) is 0 Å². The highest BCUT2D eigenvalue weighted by molar-refractivity contribution is 5.50. The molecule has 0 atom stereocenters. The van der Waals surface area contributed by atoms with Crippen LogP contribution in [0, 0.1) is 29.5 Å². The van der Waals surface area contributed by atoms with Crippen LogP contribution in [0.25, 0.3) is 0 Å². The highest BCUT2D eigenvalue weighted by Crippen LogP contribution is 2.14. The maximum atomic E-state index is 13.6. The standard InChI is InChI=1S/C16H11FN2/c1-2-12-4-3-5-15(9-12)19-11-14-8-13(10-18)6-7-16(14)17/h1,3-9,19H,11H2. The summed E-state index contributed by atoms with van der Waals surface area (Å²) < 4.78 is 13.6. The zero-order chi connectivity index (χ0) is 13.7. The van der Waals surface area contributed by atoms with Gasteiger partial charge in [0.25, 0.3) is 0 Å². The molecule has 19 heavy (non-hydrogen) atoms. The van der Waals surface area contributed by atoms with E-state index in [-0.39, 0.29) is 5.82 Å². The van der Waals surface area contributed by atoms with Gasteiger partial charge in [-0.2, -0.15) is 5.26 Å². The lowest BCUT2D eigenvalue weighted by Crippen LogP contribution is -2.02. The van der Waals surface area contributed by atoms with Gasteiger partial charge in [-0.3, -0.25) is 0 Å².